The van der Waals surface area contributed by atoms with Crippen molar-refractivity contribution < 1.29 is 14.7 Å². The largest absolute Gasteiger partial charge is 0.476 e. The Labute approximate surface area is 96.9 Å². The van der Waals surface area contributed by atoms with Crippen molar-refractivity contribution in [2.24, 2.45) is 0 Å². The fraction of sp³-hybridized carbons (Fsp3) is 0.444. The maximum Gasteiger partial charge on any atom is 0.355 e. The molecule has 0 spiro atoms. The number of nitrogens with zero attached hydrogens (tertiary/aromatic N) is 2. The minimum absolute atomic E-state index is 0.0162. The molecule has 1 amide bonds. The first kappa shape index (κ1) is 12.4. The second-order valence-corrected chi connectivity index (χ2v) is 4.17. The summed E-state index contributed by atoms with van der Waals surface area (Å²) in [6.45, 7) is 0.448. The van der Waals surface area contributed by atoms with E-state index in [1.807, 2.05) is 0 Å². The van der Waals surface area contributed by atoms with Crippen LogP contribution >= 0.6 is 11.3 Å². The fourth-order valence-electron chi connectivity index (χ4n) is 0.953. The molecule has 0 saturated heterocycles. The lowest BCUT2D eigenvalue weighted by molar-refractivity contribution is -0.128. The molecule has 0 aliphatic rings. The monoisotopic (exact) mass is 243 g/mol. The van der Waals surface area contributed by atoms with E-state index in [1.54, 1.807) is 14.1 Å². The average Bonchev–Trinajstić information content (AvgIpc) is 2.66. The third kappa shape index (κ3) is 3.50. The summed E-state index contributed by atoms with van der Waals surface area (Å²) in [5.41, 5.74) is 0.0198. The number of hydrogen-bond donors (Lipinski definition) is 2. The van der Waals surface area contributed by atoms with Crippen molar-refractivity contribution in [3.63, 3.8) is 0 Å². The maximum atomic E-state index is 11.2. The smallest absolute Gasteiger partial charge is 0.355 e. The molecule has 0 aliphatic carbocycles. The van der Waals surface area contributed by atoms with Gasteiger partial charge in [0.1, 0.15) is 0 Å². The highest BCUT2D eigenvalue weighted by Crippen LogP contribution is 2.14. The first-order valence-electron chi connectivity index (χ1n) is 4.63. The molecule has 6 nitrogen and oxygen atoms in total. The van der Waals surface area contributed by atoms with Gasteiger partial charge in [0.25, 0.3) is 0 Å². The predicted molar refractivity (Wildman–Crippen MR) is 60.9 cm³/mol. The number of carboxylic acid groups (broad SMARTS) is 1. The molecular weight excluding hydrogens is 230 g/mol. The number of carboxylic acids is 1. The summed E-state index contributed by atoms with van der Waals surface area (Å²) in [4.78, 5) is 27.1. The van der Waals surface area contributed by atoms with Gasteiger partial charge in [-0.2, -0.15) is 0 Å². The molecule has 0 radical (unpaired) electrons. The molecule has 1 aromatic rings. The Balaban J connectivity index is 2.37. The standard InChI is InChI=1S/C9H13N3O3S/c1-12(2)7(13)3-4-10-9-11-6(5-16-9)8(14)15/h5H,3-4H2,1-2H3,(H,10,11)(H,14,15). The summed E-state index contributed by atoms with van der Waals surface area (Å²) in [5.74, 6) is -1.03. The molecule has 1 rings (SSSR count). The number of nitrogens with one attached hydrogen (secondary N) is 1. The molecule has 1 heterocycles. The third-order valence-electron chi connectivity index (χ3n) is 1.84. The Hall–Kier alpha value is -1.63. The molecule has 0 fully saturated rings. The number of rotatable bonds is 5. The summed E-state index contributed by atoms with van der Waals surface area (Å²) >= 11 is 1.21. The number of amides is 1. The van der Waals surface area contributed by atoms with Crippen LogP contribution < -0.4 is 5.32 Å². The van der Waals surface area contributed by atoms with Gasteiger partial charge in [-0.25, -0.2) is 9.78 Å². The van der Waals surface area contributed by atoms with Gasteiger partial charge in [-0.3, -0.25) is 4.79 Å². The van der Waals surface area contributed by atoms with E-state index in [0.29, 0.717) is 18.1 Å². The quantitative estimate of drug-likeness (QED) is 0.796. The number of aromatic carboxylic acids is 1. The molecular formula is C9H13N3O3S. The van der Waals surface area contributed by atoms with Crippen LogP contribution in [-0.2, 0) is 4.79 Å². The van der Waals surface area contributed by atoms with E-state index in [4.69, 9.17) is 5.11 Å². The summed E-state index contributed by atoms with van der Waals surface area (Å²) < 4.78 is 0. The van der Waals surface area contributed by atoms with Gasteiger partial charge in [-0.15, -0.1) is 11.3 Å². The highest BCUT2D eigenvalue weighted by atomic mass is 32.1. The van der Waals surface area contributed by atoms with Crippen LogP contribution in [0.4, 0.5) is 5.13 Å². The van der Waals surface area contributed by atoms with Gasteiger partial charge in [0.2, 0.25) is 5.91 Å². The van der Waals surface area contributed by atoms with Crippen molar-refractivity contribution in [3.8, 4) is 0 Å². The van der Waals surface area contributed by atoms with Gasteiger partial charge in [0, 0.05) is 32.4 Å². The van der Waals surface area contributed by atoms with Gasteiger partial charge in [-0.1, -0.05) is 0 Å². The topological polar surface area (TPSA) is 82.5 Å². The summed E-state index contributed by atoms with van der Waals surface area (Å²) in [7, 11) is 3.38. The maximum absolute atomic E-state index is 11.2. The van der Waals surface area contributed by atoms with Crippen LogP contribution in [0.1, 0.15) is 16.9 Å². The highest BCUT2D eigenvalue weighted by Gasteiger charge is 2.08. The van der Waals surface area contributed by atoms with Gasteiger partial charge in [0.05, 0.1) is 0 Å². The summed E-state index contributed by atoms with van der Waals surface area (Å²) in [6, 6.07) is 0. The van der Waals surface area contributed by atoms with Gasteiger partial charge >= 0.3 is 5.97 Å². The van der Waals surface area contributed by atoms with E-state index < -0.39 is 5.97 Å². The average molecular weight is 243 g/mol. The summed E-state index contributed by atoms with van der Waals surface area (Å²) in [5, 5.41) is 13.5. The van der Waals surface area contributed by atoms with Crippen molar-refractivity contribution in [3.05, 3.63) is 11.1 Å². The normalized spacial score (nSPS) is 9.88. The number of hydrogen-bond acceptors (Lipinski definition) is 5. The molecule has 0 aliphatic heterocycles. The lowest BCUT2D eigenvalue weighted by Gasteiger charge is -2.09. The van der Waals surface area contributed by atoms with E-state index >= 15 is 0 Å². The minimum atomic E-state index is -1.05. The van der Waals surface area contributed by atoms with Crippen LogP contribution in [0.3, 0.4) is 0 Å². The van der Waals surface area contributed by atoms with Crippen LogP contribution in [-0.4, -0.2) is 47.5 Å². The number of aromatic nitrogens is 1. The minimum Gasteiger partial charge on any atom is -0.476 e. The first-order valence-corrected chi connectivity index (χ1v) is 5.51. The lowest BCUT2D eigenvalue weighted by atomic mass is 10.4. The van der Waals surface area contributed by atoms with E-state index in [-0.39, 0.29) is 11.6 Å². The van der Waals surface area contributed by atoms with Crippen LogP contribution in [0.2, 0.25) is 0 Å². The van der Waals surface area contributed by atoms with Crippen LogP contribution in [0.15, 0.2) is 5.38 Å². The van der Waals surface area contributed by atoms with Crippen molar-refractivity contribution in [1.29, 1.82) is 0 Å². The molecule has 16 heavy (non-hydrogen) atoms. The van der Waals surface area contributed by atoms with Gasteiger partial charge in [0.15, 0.2) is 10.8 Å². The molecule has 0 aromatic carbocycles. The first-order chi connectivity index (χ1) is 7.50. The Morgan fingerprint density at radius 1 is 1.56 bits per heavy atom. The van der Waals surface area contributed by atoms with Crippen molar-refractivity contribution in [2.45, 2.75) is 6.42 Å². The molecule has 88 valence electrons. The Morgan fingerprint density at radius 2 is 2.25 bits per heavy atom. The third-order valence-corrected chi connectivity index (χ3v) is 2.64. The highest BCUT2D eigenvalue weighted by molar-refractivity contribution is 7.13. The molecule has 0 bridgehead atoms. The van der Waals surface area contributed by atoms with E-state index in [0.717, 1.165) is 0 Å². The molecule has 1 aromatic heterocycles. The molecule has 0 unspecified atom stereocenters. The van der Waals surface area contributed by atoms with Crippen molar-refractivity contribution >= 4 is 28.3 Å². The zero-order valence-electron chi connectivity index (χ0n) is 9.06. The molecule has 2 N–H and O–H groups in total. The SMILES string of the molecule is CN(C)C(=O)CCNc1nc(C(=O)O)cs1. The number of anilines is 1. The zero-order valence-corrected chi connectivity index (χ0v) is 9.87. The second-order valence-electron chi connectivity index (χ2n) is 3.31. The van der Waals surface area contributed by atoms with Crippen LogP contribution in [0.25, 0.3) is 0 Å². The van der Waals surface area contributed by atoms with Crippen molar-refractivity contribution in [1.82, 2.24) is 9.88 Å². The number of thiazole rings is 1. The predicted octanol–water partition coefficient (Wildman–Crippen LogP) is 0.731. The Morgan fingerprint density at radius 3 is 2.75 bits per heavy atom. The number of carbonyl (C=O) groups is 2. The fourth-order valence-corrected chi connectivity index (χ4v) is 1.67. The molecule has 0 atom stereocenters. The number of carbonyl (C=O) groups excluding carboxylic acids is 1. The van der Waals surface area contributed by atoms with Crippen LogP contribution in [0.5, 0.6) is 0 Å². The molecule has 0 saturated carbocycles. The summed E-state index contributed by atoms with van der Waals surface area (Å²) in [6.07, 6.45) is 0.356. The van der Waals surface area contributed by atoms with Gasteiger partial charge < -0.3 is 15.3 Å². The lowest BCUT2D eigenvalue weighted by Crippen LogP contribution is -2.23. The zero-order chi connectivity index (χ0) is 12.1. The Kier molecular flexibility index (Phi) is 4.24. The van der Waals surface area contributed by atoms with E-state index in [2.05, 4.69) is 10.3 Å². The van der Waals surface area contributed by atoms with E-state index in [9.17, 15) is 9.59 Å². The van der Waals surface area contributed by atoms with Gasteiger partial charge in [-0.05, 0) is 0 Å². The Bertz CT molecular complexity index is 389. The van der Waals surface area contributed by atoms with E-state index in [1.165, 1.54) is 21.6 Å². The second kappa shape index (κ2) is 5.45. The molecule has 7 heteroatoms. The van der Waals surface area contributed by atoms with Crippen molar-refractivity contribution in [2.75, 3.05) is 26.0 Å². The van der Waals surface area contributed by atoms with Crippen LogP contribution in [0, 0.1) is 0 Å².